The second-order valence-electron chi connectivity index (χ2n) is 6.80. The van der Waals surface area contributed by atoms with Gasteiger partial charge in [-0.05, 0) is 36.2 Å². The molecular weight excluding hydrogens is 387 g/mol. The van der Waals surface area contributed by atoms with E-state index in [0.717, 1.165) is 12.1 Å². The molecule has 9 heteroatoms. The molecule has 0 aliphatic carbocycles. The van der Waals surface area contributed by atoms with E-state index < -0.39 is 18.0 Å². The molecule has 0 bridgehead atoms. The summed E-state index contributed by atoms with van der Waals surface area (Å²) in [5.74, 6) is -0.841. The zero-order chi connectivity index (χ0) is 21.2. The normalized spacial score (nSPS) is 11.7. The summed E-state index contributed by atoms with van der Waals surface area (Å²) in [6.45, 7) is 4.19. The molecule has 0 unspecified atom stereocenters. The number of alkyl halides is 3. The molecule has 0 fully saturated rings. The molecule has 29 heavy (non-hydrogen) atoms. The van der Waals surface area contributed by atoms with Gasteiger partial charge in [0.15, 0.2) is 5.69 Å². The highest BCUT2D eigenvalue weighted by Crippen LogP contribution is 2.24. The largest absolute Gasteiger partial charge is 0.573 e. The van der Waals surface area contributed by atoms with Crippen LogP contribution < -0.4 is 15.6 Å². The predicted octanol–water partition coefficient (Wildman–Crippen LogP) is 4.20. The average molecular weight is 405 g/mol. The van der Waals surface area contributed by atoms with Crippen molar-refractivity contribution in [1.82, 2.24) is 9.78 Å². The third-order valence-electron chi connectivity index (χ3n) is 3.97. The summed E-state index contributed by atoms with van der Waals surface area (Å²) < 4.78 is 41.8. The first kappa shape index (κ1) is 20.4. The van der Waals surface area contributed by atoms with Crippen molar-refractivity contribution in [2.45, 2.75) is 26.8 Å². The van der Waals surface area contributed by atoms with Gasteiger partial charge in [-0.2, -0.15) is 5.10 Å². The summed E-state index contributed by atoms with van der Waals surface area (Å²) in [5, 5.41) is 7.57. The maximum Gasteiger partial charge on any atom is 0.573 e. The van der Waals surface area contributed by atoms with Crippen molar-refractivity contribution in [3.63, 3.8) is 0 Å². The number of nitrogens with one attached hydrogen (secondary N) is 1. The first-order valence-electron chi connectivity index (χ1n) is 8.81. The lowest BCUT2D eigenvalue weighted by molar-refractivity contribution is -0.274. The molecule has 0 spiro atoms. The molecule has 1 heterocycles. The number of nitrogens with zero attached hydrogens (tertiary/aromatic N) is 2. The van der Waals surface area contributed by atoms with E-state index in [4.69, 9.17) is 0 Å². The topological polar surface area (TPSA) is 73.2 Å². The van der Waals surface area contributed by atoms with Crippen LogP contribution in [-0.4, -0.2) is 22.1 Å². The number of carbonyl (C=O) groups is 1. The summed E-state index contributed by atoms with van der Waals surface area (Å²) in [5.41, 5.74) is 0.0213. The van der Waals surface area contributed by atoms with Crippen LogP contribution in [0.2, 0.25) is 0 Å². The molecule has 0 aliphatic heterocycles. The van der Waals surface area contributed by atoms with Gasteiger partial charge < -0.3 is 10.1 Å². The smallest absolute Gasteiger partial charge is 0.406 e. The number of carbonyl (C=O) groups excluding carboxylic acids is 1. The number of ether oxygens (including phenoxy) is 1. The zero-order valence-electron chi connectivity index (χ0n) is 15.7. The zero-order valence-corrected chi connectivity index (χ0v) is 15.7. The molecule has 1 amide bonds. The summed E-state index contributed by atoms with van der Waals surface area (Å²) in [6.07, 6.45) is -4.79. The molecule has 0 aliphatic rings. The van der Waals surface area contributed by atoms with Crippen molar-refractivity contribution in [3.8, 4) is 5.75 Å². The molecule has 0 radical (unpaired) electrons. The number of benzene rings is 2. The monoisotopic (exact) mass is 405 g/mol. The Labute approximate surface area is 163 Å². The average Bonchev–Trinajstić information content (AvgIpc) is 2.64. The molecule has 6 nitrogen and oxygen atoms in total. The Morgan fingerprint density at radius 2 is 1.72 bits per heavy atom. The number of anilines is 1. The van der Waals surface area contributed by atoms with E-state index in [1.54, 1.807) is 24.3 Å². The maximum atomic E-state index is 12.8. The highest BCUT2D eigenvalue weighted by Gasteiger charge is 2.31. The van der Waals surface area contributed by atoms with Crippen molar-refractivity contribution >= 4 is 22.4 Å². The number of fused-ring (bicyclic) bond motifs is 1. The first-order valence-corrected chi connectivity index (χ1v) is 8.81. The standard InChI is InChI=1S/C20H18F3N3O3/c1-12(2)11-26-19(28)16-6-4-3-5-15(16)17(25-26)18(27)24-13-7-9-14(10-8-13)29-20(21,22)23/h3-10,12H,11H2,1-2H3,(H,24,27). The molecule has 3 aromatic rings. The fourth-order valence-electron chi connectivity index (χ4n) is 2.80. The van der Waals surface area contributed by atoms with E-state index in [0.29, 0.717) is 17.3 Å². The van der Waals surface area contributed by atoms with Gasteiger partial charge in [-0.15, -0.1) is 13.2 Å². The first-order chi connectivity index (χ1) is 13.6. The molecule has 0 saturated heterocycles. The van der Waals surface area contributed by atoms with Gasteiger partial charge in [0.2, 0.25) is 0 Å². The molecular formula is C20H18F3N3O3. The number of rotatable bonds is 5. The quantitative estimate of drug-likeness (QED) is 0.690. The molecule has 3 rings (SSSR count). The van der Waals surface area contributed by atoms with E-state index in [1.165, 1.54) is 16.8 Å². The fraction of sp³-hybridized carbons (Fsp3) is 0.250. The van der Waals surface area contributed by atoms with Crippen LogP contribution in [0.15, 0.2) is 53.3 Å². The Kier molecular flexibility index (Phi) is 5.58. The lowest BCUT2D eigenvalue weighted by atomic mass is 10.1. The SMILES string of the molecule is CC(C)Cn1nc(C(=O)Nc2ccc(OC(F)(F)F)cc2)c2ccccc2c1=O. The van der Waals surface area contributed by atoms with E-state index in [-0.39, 0.29) is 22.9 Å². The van der Waals surface area contributed by atoms with Crippen LogP contribution in [0.25, 0.3) is 10.8 Å². The Hall–Kier alpha value is -3.36. The summed E-state index contributed by atoms with van der Waals surface area (Å²) in [7, 11) is 0. The summed E-state index contributed by atoms with van der Waals surface area (Å²) in [6, 6.07) is 11.4. The number of aromatic nitrogens is 2. The van der Waals surface area contributed by atoms with Crippen molar-refractivity contribution < 1.29 is 22.7 Å². The Morgan fingerprint density at radius 1 is 1.10 bits per heavy atom. The van der Waals surface area contributed by atoms with Gasteiger partial charge in [0.05, 0.1) is 5.39 Å². The number of hydrogen-bond donors (Lipinski definition) is 1. The van der Waals surface area contributed by atoms with Crippen LogP contribution in [0, 0.1) is 5.92 Å². The van der Waals surface area contributed by atoms with Crippen molar-refractivity contribution in [1.29, 1.82) is 0 Å². The number of hydrogen-bond acceptors (Lipinski definition) is 4. The van der Waals surface area contributed by atoms with Crippen LogP contribution >= 0.6 is 0 Å². The summed E-state index contributed by atoms with van der Waals surface area (Å²) >= 11 is 0. The molecule has 152 valence electrons. The van der Waals surface area contributed by atoms with Gasteiger partial charge in [-0.3, -0.25) is 9.59 Å². The molecule has 2 aromatic carbocycles. The van der Waals surface area contributed by atoms with Crippen LogP contribution in [0.3, 0.4) is 0 Å². The minimum Gasteiger partial charge on any atom is -0.406 e. The van der Waals surface area contributed by atoms with Gasteiger partial charge >= 0.3 is 6.36 Å². The van der Waals surface area contributed by atoms with Crippen molar-refractivity contribution in [2.24, 2.45) is 5.92 Å². The molecule has 0 saturated carbocycles. The second-order valence-corrected chi connectivity index (χ2v) is 6.80. The molecule has 0 atom stereocenters. The van der Waals surface area contributed by atoms with Crippen LogP contribution in [0.1, 0.15) is 24.3 Å². The Balaban J connectivity index is 1.92. The Morgan fingerprint density at radius 3 is 2.31 bits per heavy atom. The lowest BCUT2D eigenvalue weighted by Gasteiger charge is -2.13. The minimum atomic E-state index is -4.79. The van der Waals surface area contributed by atoms with Crippen LogP contribution in [0.4, 0.5) is 18.9 Å². The van der Waals surface area contributed by atoms with E-state index in [2.05, 4.69) is 15.2 Å². The second kappa shape index (κ2) is 7.94. The van der Waals surface area contributed by atoms with Crippen LogP contribution in [-0.2, 0) is 6.54 Å². The minimum absolute atomic E-state index is 0.0523. The van der Waals surface area contributed by atoms with Crippen molar-refractivity contribution in [2.75, 3.05) is 5.32 Å². The van der Waals surface area contributed by atoms with E-state index >= 15 is 0 Å². The maximum absolute atomic E-state index is 12.8. The van der Waals surface area contributed by atoms with E-state index in [1.807, 2.05) is 13.8 Å². The van der Waals surface area contributed by atoms with E-state index in [9.17, 15) is 22.8 Å². The van der Waals surface area contributed by atoms with Gasteiger partial charge in [0, 0.05) is 17.6 Å². The van der Waals surface area contributed by atoms with Gasteiger partial charge in [-0.25, -0.2) is 4.68 Å². The van der Waals surface area contributed by atoms with Gasteiger partial charge in [-0.1, -0.05) is 32.0 Å². The highest BCUT2D eigenvalue weighted by molar-refractivity contribution is 6.11. The fourth-order valence-corrected chi connectivity index (χ4v) is 2.80. The predicted molar refractivity (Wildman–Crippen MR) is 102 cm³/mol. The third kappa shape index (κ3) is 4.92. The van der Waals surface area contributed by atoms with Gasteiger partial charge in [0.1, 0.15) is 5.75 Å². The highest BCUT2D eigenvalue weighted by atomic mass is 19.4. The van der Waals surface area contributed by atoms with Crippen LogP contribution in [0.5, 0.6) is 5.75 Å². The third-order valence-corrected chi connectivity index (χ3v) is 3.97. The summed E-state index contributed by atoms with van der Waals surface area (Å²) in [4.78, 5) is 25.4. The Bertz CT molecular complexity index is 1090. The lowest BCUT2D eigenvalue weighted by Crippen LogP contribution is -2.29. The molecule has 1 aromatic heterocycles. The van der Waals surface area contributed by atoms with Gasteiger partial charge in [0.25, 0.3) is 11.5 Å². The van der Waals surface area contributed by atoms with Crippen molar-refractivity contribution in [3.05, 3.63) is 64.6 Å². The molecule has 1 N–H and O–H groups in total. The number of amides is 1. The number of halogens is 3.